The maximum Gasteiger partial charge on any atom is 0.0475 e. The molecule has 2 nitrogen and oxygen atoms in total. The molecule has 16 heavy (non-hydrogen) atoms. The van der Waals surface area contributed by atoms with Gasteiger partial charge in [0.05, 0.1) is 0 Å². The lowest BCUT2D eigenvalue weighted by Gasteiger charge is -2.37. The van der Waals surface area contributed by atoms with Crippen LogP contribution < -0.4 is 5.73 Å². The average Bonchev–Trinajstić information content (AvgIpc) is 2.33. The monoisotopic (exact) mass is 219 g/mol. The molecule has 1 saturated heterocycles. The summed E-state index contributed by atoms with van der Waals surface area (Å²) < 4.78 is 5.45. The van der Waals surface area contributed by atoms with E-state index in [1.807, 2.05) is 0 Å². The molecule has 0 unspecified atom stereocenters. The summed E-state index contributed by atoms with van der Waals surface area (Å²) in [6.07, 6.45) is 2.10. The quantitative estimate of drug-likeness (QED) is 0.828. The average molecular weight is 219 g/mol. The van der Waals surface area contributed by atoms with E-state index in [0.717, 1.165) is 32.6 Å². The van der Waals surface area contributed by atoms with Crippen molar-refractivity contribution >= 4 is 0 Å². The molecule has 0 amide bonds. The van der Waals surface area contributed by atoms with Gasteiger partial charge in [0.15, 0.2) is 0 Å². The van der Waals surface area contributed by atoms with Crippen LogP contribution in [0.2, 0.25) is 0 Å². The fourth-order valence-corrected chi connectivity index (χ4v) is 2.44. The van der Waals surface area contributed by atoms with Crippen LogP contribution in [0.15, 0.2) is 18.2 Å². The summed E-state index contributed by atoms with van der Waals surface area (Å²) in [5.74, 6) is 0. The van der Waals surface area contributed by atoms with Crippen LogP contribution in [0, 0.1) is 13.8 Å². The summed E-state index contributed by atoms with van der Waals surface area (Å²) in [6, 6.07) is 6.74. The van der Waals surface area contributed by atoms with Crippen LogP contribution in [-0.4, -0.2) is 19.8 Å². The molecule has 1 aromatic carbocycles. The minimum absolute atomic E-state index is 0.150. The number of rotatable bonds is 2. The fourth-order valence-electron chi connectivity index (χ4n) is 2.44. The lowest BCUT2D eigenvalue weighted by Crippen LogP contribution is -2.40. The molecule has 0 atom stereocenters. The highest BCUT2D eigenvalue weighted by molar-refractivity contribution is 5.35. The Kier molecular flexibility index (Phi) is 3.31. The van der Waals surface area contributed by atoms with Gasteiger partial charge >= 0.3 is 0 Å². The van der Waals surface area contributed by atoms with Crippen molar-refractivity contribution in [1.82, 2.24) is 0 Å². The third kappa shape index (κ3) is 2.00. The largest absolute Gasteiger partial charge is 0.381 e. The minimum Gasteiger partial charge on any atom is -0.381 e. The van der Waals surface area contributed by atoms with E-state index >= 15 is 0 Å². The molecule has 0 aliphatic carbocycles. The maximum atomic E-state index is 6.00. The van der Waals surface area contributed by atoms with Crippen molar-refractivity contribution in [3.8, 4) is 0 Å². The van der Waals surface area contributed by atoms with Crippen LogP contribution >= 0.6 is 0 Å². The molecule has 1 aromatic rings. The normalized spacial score (nSPS) is 19.7. The molecule has 1 aliphatic heterocycles. The van der Waals surface area contributed by atoms with Gasteiger partial charge in [0, 0.05) is 25.2 Å². The third-order valence-electron chi connectivity index (χ3n) is 3.96. The molecule has 2 heteroatoms. The van der Waals surface area contributed by atoms with Crippen molar-refractivity contribution in [3.63, 3.8) is 0 Å². The van der Waals surface area contributed by atoms with Gasteiger partial charge in [0.2, 0.25) is 0 Å². The first-order chi connectivity index (χ1) is 7.68. The second-order valence-corrected chi connectivity index (χ2v) is 4.90. The predicted octanol–water partition coefficient (Wildman–Crippen LogP) is 2.31. The van der Waals surface area contributed by atoms with Crippen molar-refractivity contribution < 1.29 is 4.74 Å². The summed E-state index contributed by atoms with van der Waals surface area (Å²) in [5.41, 5.74) is 10.3. The van der Waals surface area contributed by atoms with Crippen LogP contribution in [0.5, 0.6) is 0 Å². The van der Waals surface area contributed by atoms with Crippen LogP contribution in [0.3, 0.4) is 0 Å². The molecule has 1 fully saturated rings. The van der Waals surface area contributed by atoms with Crippen LogP contribution in [-0.2, 0) is 10.2 Å². The lowest BCUT2D eigenvalue weighted by molar-refractivity contribution is 0.0529. The van der Waals surface area contributed by atoms with E-state index in [9.17, 15) is 0 Å². The number of benzene rings is 1. The highest BCUT2D eigenvalue weighted by Gasteiger charge is 2.33. The zero-order chi connectivity index (χ0) is 11.6. The van der Waals surface area contributed by atoms with Gasteiger partial charge in [-0.05, 0) is 43.4 Å². The van der Waals surface area contributed by atoms with Gasteiger partial charge < -0.3 is 10.5 Å². The van der Waals surface area contributed by atoms with Crippen LogP contribution in [0.1, 0.15) is 29.5 Å². The second kappa shape index (κ2) is 4.56. The molecule has 1 aliphatic rings. The molecule has 0 radical (unpaired) electrons. The van der Waals surface area contributed by atoms with Crippen molar-refractivity contribution in [3.05, 3.63) is 34.9 Å². The molecule has 2 N–H and O–H groups in total. The number of nitrogens with two attached hydrogens (primary N) is 1. The molecule has 0 bridgehead atoms. The van der Waals surface area contributed by atoms with Gasteiger partial charge in [-0.1, -0.05) is 18.2 Å². The Bertz CT molecular complexity index is 367. The molecule has 0 aromatic heterocycles. The Labute approximate surface area is 97.8 Å². The van der Waals surface area contributed by atoms with Crippen molar-refractivity contribution in [2.45, 2.75) is 32.1 Å². The molecule has 1 heterocycles. The molecule has 0 spiro atoms. The first-order valence-electron chi connectivity index (χ1n) is 6.03. The van der Waals surface area contributed by atoms with E-state index in [0.29, 0.717) is 0 Å². The Hall–Kier alpha value is -0.860. The van der Waals surface area contributed by atoms with Gasteiger partial charge in [-0.2, -0.15) is 0 Å². The van der Waals surface area contributed by atoms with Gasteiger partial charge in [-0.15, -0.1) is 0 Å². The zero-order valence-electron chi connectivity index (χ0n) is 10.3. The minimum atomic E-state index is 0.150. The van der Waals surface area contributed by atoms with Gasteiger partial charge in [-0.25, -0.2) is 0 Å². The van der Waals surface area contributed by atoms with E-state index in [2.05, 4.69) is 32.0 Å². The smallest absolute Gasteiger partial charge is 0.0475 e. The fraction of sp³-hybridized carbons (Fsp3) is 0.571. The molecule has 0 saturated carbocycles. The van der Waals surface area contributed by atoms with E-state index in [1.54, 1.807) is 0 Å². The first-order valence-corrected chi connectivity index (χ1v) is 6.03. The number of ether oxygens (including phenoxy) is 1. The van der Waals surface area contributed by atoms with Crippen LogP contribution in [0.4, 0.5) is 0 Å². The van der Waals surface area contributed by atoms with Gasteiger partial charge in [0.1, 0.15) is 0 Å². The second-order valence-electron chi connectivity index (χ2n) is 4.90. The van der Waals surface area contributed by atoms with E-state index < -0.39 is 0 Å². The first kappa shape index (κ1) is 11.6. The number of hydrogen-bond donors (Lipinski definition) is 1. The van der Waals surface area contributed by atoms with Gasteiger partial charge in [0.25, 0.3) is 0 Å². The number of hydrogen-bond acceptors (Lipinski definition) is 2. The summed E-state index contributed by atoms with van der Waals surface area (Å²) in [5, 5.41) is 0. The van der Waals surface area contributed by atoms with E-state index in [-0.39, 0.29) is 5.41 Å². The Morgan fingerprint density at radius 3 is 2.44 bits per heavy atom. The standard InChI is InChI=1S/C14H21NO/c1-11-3-4-13(9-12(11)2)14(10-15)5-7-16-8-6-14/h3-4,9H,5-8,10,15H2,1-2H3. The van der Waals surface area contributed by atoms with Crippen molar-refractivity contribution in [2.75, 3.05) is 19.8 Å². The molecular formula is C14H21NO. The summed E-state index contributed by atoms with van der Waals surface area (Å²) in [7, 11) is 0. The van der Waals surface area contributed by atoms with Crippen molar-refractivity contribution in [1.29, 1.82) is 0 Å². The van der Waals surface area contributed by atoms with Crippen molar-refractivity contribution in [2.24, 2.45) is 5.73 Å². The Balaban J connectivity index is 2.35. The lowest BCUT2D eigenvalue weighted by atomic mass is 9.73. The summed E-state index contributed by atoms with van der Waals surface area (Å²) >= 11 is 0. The van der Waals surface area contributed by atoms with Crippen LogP contribution in [0.25, 0.3) is 0 Å². The highest BCUT2D eigenvalue weighted by Crippen LogP contribution is 2.34. The Morgan fingerprint density at radius 2 is 1.88 bits per heavy atom. The predicted molar refractivity (Wildman–Crippen MR) is 66.7 cm³/mol. The molecule has 88 valence electrons. The SMILES string of the molecule is Cc1ccc(C2(CN)CCOCC2)cc1C. The van der Waals surface area contributed by atoms with E-state index in [4.69, 9.17) is 10.5 Å². The third-order valence-corrected chi connectivity index (χ3v) is 3.96. The van der Waals surface area contributed by atoms with E-state index in [1.165, 1.54) is 16.7 Å². The maximum absolute atomic E-state index is 6.00. The molecule has 2 rings (SSSR count). The number of aryl methyl sites for hydroxylation is 2. The highest BCUT2D eigenvalue weighted by atomic mass is 16.5. The summed E-state index contributed by atoms with van der Waals surface area (Å²) in [6.45, 7) is 6.72. The Morgan fingerprint density at radius 1 is 1.19 bits per heavy atom. The topological polar surface area (TPSA) is 35.2 Å². The summed E-state index contributed by atoms with van der Waals surface area (Å²) in [4.78, 5) is 0. The molecular weight excluding hydrogens is 198 g/mol. The zero-order valence-corrected chi connectivity index (χ0v) is 10.3. The van der Waals surface area contributed by atoms with Gasteiger partial charge in [-0.3, -0.25) is 0 Å².